The smallest absolute Gasteiger partial charge is 0.335 e. The number of benzene rings is 1. The van der Waals surface area contributed by atoms with Crippen LogP contribution in [0.25, 0.3) is 0 Å². The number of hydrogen-bond acceptors (Lipinski definition) is 6. The maximum absolute atomic E-state index is 10.9. The van der Waals surface area contributed by atoms with Crippen LogP contribution in [0.15, 0.2) is 58.5 Å². The van der Waals surface area contributed by atoms with Crippen LogP contribution in [-0.2, 0) is 9.63 Å². The molecule has 0 spiro atoms. The lowest BCUT2D eigenvalue weighted by Gasteiger charge is -2.01. The maximum atomic E-state index is 10.9. The van der Waals surface area contributed by atoms with Crippen molar-refractivity contribution in [2.24, 2.45) is 5.73 Å². The number of primary amides is 1. The number of allylic oxidation sites excluding steroid dienone is 3. The van der Waals surface area contributed by atoms with E-state index in [1.807, 2.05) is 0 Å². The molecule has 3 N–H and O–H groups in total. The Morgan fingerprint density at radius 2 is 2.12 bits per heavy atom. The van der Waals surface area contributed by atoms with Crippen LogP contribution in [0, 0.1) is 10.1 Å². The minimum absolute atomic E-state index is 0.186. The van der Waals surface area contributed by atoms with Gasteiger partial charge in [-0.2, -0.15) is 0 Å². The monoisotopic (exact) mass is 398 g/mol. The third kappa shape index (κ3) is 7.41. The highest BCUT2D eigenvalue weighted by Crippen LogP contribution is 2.20. The van der Waals surface area contributed by atoms with Crippen LogP contribution in [-0.4, -0.2) is 28.7 Å². The van der Waals surface area contributed by atoms with Gasteiger partial charge in [-0.15, -0.1) is 22.7 Å². The van der Waals surface area contributed by atoms with E-state index in [1.54, 1.807) is 18.2 Å². The summed E-state index contributed by atoms with van der Waals surface area (Å²) in [6.45, 7) is -0.186. The van der Waals surface area contributed by atoms with Crippen LogP contribution in [0.1, 0.15) is 16.8 Å². The molecule has 0 fully saturated rings. The van der Waals surface area contributed by atoms with Crippen molar-refractivity contribution in [1.29, 1.82) is 0 Å². The van der Waals surface area contributed by atoms with Gasteiger partial charge in [-0.05, 0) is 36.3 Å². The quantitative estimate of drug-likeness (QED) is 0.397. The molecular weight excluding hydrogens is 384 g/mol. The molecule has 0 radical (unpaired) electrons. The summed E-state index contributed by atoms with van der Waals surface area (Å²) in [4.78, 5) is 35.9. The molecule has 0 saturated carbocycles. The number of aromatic carboxylic acids is 1. The number of hydrogen-bond donors (Lipinski definition) is 3. The Morgan fingerprint density at radius 1 is 1.42 bits per heavy atom. The van der Waals surface area contributed by atoms with E-state index < -0.39 is 17.0 Å². The van der Waals surface area contributed by atoms with Crippen LogP contribution in [0.5, 0.6) is 0 Å². The number of amides is 1. The Morgan fingerprint density at radius 3 is 2.65 bits per heavy atom. The summed E-state index contributed by atoms with van der Waals surface area (Å²) < 4.78 is 0. The van der Waals surface area contributed by atoms with Gasteiger partial charge < -0.3 is 15.7 Å². The number of halogens is 1. The minimum atomic E-state index is -0.975. The topological polar surface area (TPSA) is 133 Å². The van der Waals surface area contributed by atoms with Gasteiger partial charge in [-0.25, -0.2) is 4.79 Å². The van der Waals surface area contributed by atoms with Gasteiger partial charge in [0.05, 0.1) is 10.6 Å². The molecule has 10 heteroatoms. The molecule has 1 aromatic rings. The van der Waals surface area contributed by atoms with Crippen molar-refractivity contribution < 1.29 is 24.6 Å². The zero-order valence-electron chi connectivity index (χ0n) is 13.3. The summed E-state index contributed by atoms with van der Waals surface area (Å²) in [6.07, 6.45) is 7.01. The van der Waals surface area contributed by atoms with Crippen LogP contribution in [0.3, 0.4) is 0 Å². The highest BCUT2D eigenvalue weighted by atomic mass is 35.5. The SMILES string of the molecule is NC(=O)C1=CC(CO[N+](=O)[O-])=CC=CC1.O=C(O)c1ccc(Cl)c(S)c1. The summed E-state index contributed by atoms with van der Waals surface area (Å²) in [6, 6.07) is 4.35. The van der Waals surface area contributed by atoms with Crippen molar-refractivity contribution in [3.05, 3.63) is 74.3 Å². The third-order valence-electron chi connectivity index (χ3n) is 2.99. The molecule has 0 aromatic heterocycles. The number of carbonyl (C=O) groups is 2. The number of carbonyl (C=O) groups excluding carboxylic acids is 1. The Labute approximate surface area is 159 Å². The highest BCUT2D eigenvalue weighted by Gasteiger charge is 2.07. The van der Waals surface area contributed by atoms with E-state index in [0.29, 0.717) is 27.5 Å². The van der Waals surface area contributed by atoms with Crippen LogP contribution in [0.2, 0.25) is 5.02 Å². The number of carboxylic acids is 1. The standard InChI is InChI=1S/C9H10N2O4.C7H5ClO2S/c10-9(12)8-4-2-1-3-7(5-8)6-15-11(13)14;8-5-2-1-4(7(9)10)3-6(5)11/h1-3,5H,4,6H2,(H2,10,12);1-3,11H,(H,9,10). The van der Waals surface area contributed by atoms with Gasteiger partial charge in [-0.1, -0.05) is 29.8 Å². The first kappa shape index (κ1) is 21.3. The summed E-state index contributed by atoms with van der Waals surface area (Å²) in [5.74, 6) is -1.51. The zero-order chi connectivity index (χ0) is 19.7. The van der Waals surface area contributed by atoms with Gasteiger partial charge in [-0.3, -0.25) is 4.79 Å². The van der Waals surface area contributed by atoms with E-state index >= 15 is 0 Å². The molecule has 0 bridgehead atoms. The highest BCUT2D eigenvalue weighted by molar-refractivity contribution is 7.80. The van der Waals surface area contributed by atoms with E-state index in [0.717, 1.165) is 0 Å². The van der Waals surface area contributed by atoms with Crippen molar-refractivity contribution in [2.75, 3.05) is 6.61 Å². The first-order valence-corrected chi connectivity index (χ1v) is 7.88. The molecule has 138 valence electrons. The van der Waals surface area contributed by atoms with E-state index in [9.17, 15) is 19.7 Å². The molecule has 1 aliphatic carbocycles. The molecule has 8 nitrogen and oxygen atoms in total. The molecular formula is C16H15ClN2O6S. The lowest BCUT2D eigenvalue weighted by atomic mass is 10.1. The maximum Gasteiger partial charge on any atom is 0.335 e. The van der Waals surface area contributed by atoms with E-state index in [2.05, 4.69) is 17.5 Å². The number of rotatable bonds is 5. The second-order valence-electron chi connectivity index (χ2n) is 4.88. The number of nitrogens with two attached hydrogens (primary N) is 1. The molecule has 1 aliphatic rings. The molecule has 2 rings (SSSR count). The van der Waals surface area contributed by atoms with Crippen molar-refractivity contribution in [3.63, 3.8) is 0 Å². The fourth-order valence-electron chi connectivity index (χ4n) is 1.75. The molecule has 0 aliphatic heterocycles. The van der Waals surface area contributed by atoms with Crippen LogP contribution < -0.4 is 5.73 Å². The number of nitrogens with zero attached hydrogens (tertiary/aromatic N) is 1. The van der Waals surface area contributed by atoms with Gasteiger partial charge in [0, 0.05) is 10.5 Å². The van der Waals surface area contributed by atoms with Gasteiger partial charge in [0.2, 0.25) is 5.91 Å². The van der Waals surface area contributed by atoms with E-state index in [1.165, 1.54) is 24.3 Å². The summed E-state index contributed by atoms with van der Waals surface area (Å²) in [7, 11) is 0. The van der Waals surface area contributed by atoms with Crippen molar-refractivity contribution in [2.45, 2.75) is 11.3 Å². The average molecular weight is 399 g/mol. The fourth-order valence-corrected chi connectivity index (χ4v) is 2.08. The Bertz CT molecular complexity index is 804. The fraction of sp³-hybridized carbons (Fsp3) is 0.125. The molecule has 0 unspecified atom stereocenters. The lowest BCUT2D eigenvalue weighted by molar-refractivity contribution is -0.755. The van der Waals surface area contributed by atoms with Crippen molar-refractivity contribution >= 4 is 36.1 Å². The third-order valence-corrected chi connectivity index (χ3v) is 3.82. The van der Waals surface area contributed by atoms with Gasteiger partial charge >= 0.3 is 5.97 Å². The van der Waals surface area contributed by atoms with E-state index in [-0.39, 0.29) is 12.2 Å². The molecule has 26 heavy (non-hydrogen) atoms. The second-order valence-corrected chi connectivity index (χ2v) is 5.77. The van der Waals surface area contributed by atoms with Gasteiger partial charge in [0.15, 0.2) is 0 Å². The molecule has 1 amide bonds. The predicted octanol–water partition coefficient (Wildman–Crippen LogP) is 2.82. The summed E-state index contributed by atoms with van der Waals surface area (Å²) in [5.41, 5.74) is 6.25. The number of thiol groups is 1. The minimum Gasteiger partial charge on any atom is -0.478 e. The molecule has 0 heterocycles. The van der Waals surface area contributed by atoms with E-state index in [4.69, 9.17) is 22.4 Å². The van der Waals surface area contributed by atoms with Crippen LogP contribution >= 0.6 is 24.2 Å². The molecule has 0 atom stereocenters. The second kappa shape index (κ2) is 10.3. The first-order chi connectivity index (χ1) is 12.2. The Hall–Kier alpha value is -2.78. The Balaban J connectivity index is 0.000000273. The summed E-state index contributed by atoms with van der Waals surface area (Å²) in [5, 5.41) is 18.1. The molecule has 1 aromatic carbocycles. The van der Waals surface area contributed by atoms with Gasteiger partial charge in [0.25, 0.3) is 5.09 Å². The average Bonchev–Trinajstić information content (AvgIpc) is 2.81. The predicted molar refractivity (Wildman–Crippen MR) is 97.7 cm³/mol. The normalized spacial score (nSPS) is 12.7. The van der Waals surface area contributed by atoms with Crippen molar-refractivity contribution in [3.8, 4) is 0 Å². The number of carboxylic acid groups (broad SMARTS) is 1. The molecule has 0 saturated heterocycles. The lowest BCUT2D eigenvalue weighted by Crippen LogP contribution is -2.14. The summed E-state index contributed by atoms with van der Waals surface area (Å²) >= 11 is 9.58. The Kier molecular flexibility index (Phi) is 8.40. The first-order valence-electron chi connectivity index (χ1n) is 7.06. The van der Waals surface area contributed by atoms with Crippen molar-refractivity contribution in [1.82, 2.24) is 0 Å². The largest absolute Gasteiger partial charge is 0.478 e. The van der Waals surface area contributed by atoms with Gasteiger partial charge in [0.1, 0.15) is 6.61 Å². The van der Waals surface area contributed by atoms with Crippen LogP contribution in [0.4, 0.5) is 0 Å². The zero-order valence-corrected chi connectivity index (χ0v) is 14.9.